The third-order valence-electron chi connectivity index (χ3n) is 5.02. The van der Waals surface area contributed by atoms with E-state index in [0.29, 0.717) is 17.8 Å². The van der Waals surface area contributed by atoms with Gasteiger partial charge in [0.15, 0.2) is 5.76 Å². The molecule has 1 heterocycles. The quantitative estimate of drug-likeness (QED) is 0.446. The molecule has 2 amide bonds. The minimum atomic E-state index is -0.337. The van der Waals surface area contributed by atoms with Gasteiger partial charge in [0.25, 0.3) is 11.8 Å². The minimum absolute atomic E-state index is 0.0539. The Morgan fingerprint density at radius 2 is 1.32 bits per heavy atom. The van der Waals surface area contributed by atoms with E-state index in [-0.39, 0.29) is 23.5 Å². The number of carbonyl (C=O) groups excluding carboxylic acids is 2. The number of hydrogen-bond acceptors (Lipinski definition) is 3. The zero-order chi connectivity index (χ0) is 21.5. The number of carbonyl (C=O) groups is 2. The second-order valence-corrected chi connectivity index (χ2v) is 7.09. The molecule has 0 fully saturated rings. The number of benzene rings is 3. The lowest BCUT2D eigenvalue weighted by Gasteiger charge is -2.19. The van der Waals surface area contributed by atoms with Crippen molar-refractivity contribution in [1.82, 2.24) is 5.32 Å². The lowest BCUT2D eigenvalue weighted by molar-refractivity contribution is 0.0951. The van der Waals surface area contributed by atoms with Gasteiger partial charge in [-0.15, -0.1) is 0 Å². The third-order valence-corrected chi connectivity index (χ3v) is 5.02. The molecular formula is C26H22N2O3. The first kappa shape index (κ1) is 20.2. The molecule has 0 radical (unpaired) electrons. The number of hydrogen-bond donors (Lipinski definition) is 2. The van der Waals surface area contributed by atoms with Crippen LogP contribution in [0.2, 0.25) is 0 Å². The maximum Gasteiger partial charge on any atom is 0.291 e. The van der Waals surface area contributed by atoms with Crippen LogP contribution in [-0.4, -0.2) is 18.4 Å². The molecule has 0 aliphatic carbocycles. The summed E-state index contributed by atoms with van der Waals surface area (Å²) < 4.78 is 5.08. The molecule has 154 valence electrons. The second-order valence-electron chi connectivity index (χ2n) is 7.09. The maximum absolute atomic E-state index is 12.7. The zero-order valence-corrected chi connectivity index (χ0v) is 16.8. The summed E-state index contributed by atoms with van der Waals surface area (Å²) in [5.41, 5.74) is 3.40. The van der Waals surface area contributed by atoms with Crippen molar-refractivity contribution >= 4 is 17.5 Å². The minimum Gasteiger partial charge on any atom is -0.459 e. The van der Waals surface area contributed by atoms with E-state index in [9.17, 15) is 9.59 Å². The highest BCUT2D eigenvalue weighted by atomic mass is 16.3. The fourth-order valence-corrected chi connectivity index (χ4v) is 3.40. The molecule has 0 bridgehead atoms. The van der Waals surface area contributed by atoms with Crippen LogP contribution in [-0.2, 0) is 0 Å². The Bertz CT molecular complexity index is 1080. The molecule has 0 aliphatic rings. The lowest BCUT2D eigenvalue weighted by Crippen LogP contribution is -2.29. The van der Waals surface area contributed by atoms with Crippen molar-refractivity contribution in [1.29, 1.82) is 0 Å². The highest BCUT2D eigenvalue weighted by Crippen LogP contribution is 2.24. The summed E-state index contributed by atoms with van der Waals surface area (Å²) in [6, 6.07) is 30.3. The number of amides is 2. The fraction of sp³-hybridized carbons (Fsp3) is 0.0769. The molecule has 4 aromatic rings. The SMILES string of the molecule is O=C(NCC(c1ccccc1)c1ccccc1)c1ccc(NC(=O)c2ccco2)cc1. The molecule has 3 aromatic carbocycles. The number of nitrogens with one attached hydrogen (secondary N) is 2. The summed E-state index contributed by atoms with van der Waals surface area (Å²) in [5.74, 6) is -0.218. The summed E-state index contributed by atoms with van der Waals surface area (Å²) in [6.45, 7) is 0.476. The van der Waals surface area contributed by atoms with Gasteiger partial charge in [-0.05, 0) is 47.5 Å². The van der Waals surface area contributed by atoms with E-state index < -0.39 is 0 Å². The number of rotatable bonds is 7. The van der Waals surface area contributed by atoms with Crippen LogP contribution >= 0.6 is 0 Å². The van der Waals surface area contributed by atoms with Crippen molar-refractivity contribution in [2.45, 2.75) is 5.92 Å². The molecule has 2 N–H and O–H groups in total. The van der Waals surface area contributed by atoms with Crippen molar-refractivity contribution in [2.24, 2.45) is 0 Å². The van der Waals surface area contributed by atoms with E-state index in [4.69, 9.17) is 4.42 Å². The smallest absolute Gasteiger partial charge is 0.291 e. The molecular weight excluding hydrogens is 388 g/mol. The van der Waals surface area contributed by atoms with Crippen molar-refractivity contribution in [2.75, 3.05) is 11.9 Å². The summed E-state index contributed by atoms with van der Waals surface area (Å²) in [4.78, 5) is 24.8. The third kappa shape index (κ3) is 5.08. The Labute approximate surface area is 180 Å². The van der Waals surface area contributed by atoms with Crippen LogP contribution in [0.4, 0.5) is 5.69 Å². The van der Waals surface area contributed by atoms with Crippen LogP contribution < -0.4 is 10.6 Å². The van der Waals surface area contributed by atoms with Crippen molar-refractivity contribution in [3.8, 4) is 0 Å². The first-order chi connectivity index (χ1) is 15.2. The van der Waals surface area contributed by atoms with Gasteiger partial charge in [0.1, 0.15) is 0 Å². The molecule has 0 atom stereocenters. The average molecular weight is 410 g/mol. The van der Waals surface area contributed by atoms with Crippen LogP contribution in [0.3, 0.4) is 0 Å². The van der Waals surface area contributed by atoms with Crippen LogP contribution in [0.15, 0.2) is 108 Å². The van der Waals surface area contributed by atoms with Crippen LogP contribution in [0.1, 0.15) is 38.0 Å². The van der Waals surface area contributed by atoms with E-state index in [1.807, 2.05) is 36.4 Å². The molecule has 0 saturated carbocycles. The van der Waals surface area contributed by atoms with Crippen LogP contribution in [0.5, 0.6) is 0 Å². The number of anilines is 1. The Hall–Kier alpha value is -4.12. The van der Waals surface area contributed by atoms with Gasteiger partial charge in [0.2, 0.25) is 0 Å². The predicted octanol–water partition coefficient (Wildman–Crippen LogP) is 5.09. The van der Waals surface area contributed by atoms with Gasteiger partial charge in [-0.1, -0.05) is 60.7 Å². The number of furan rings is 1. The second kappa shape index (κ2) is 9.59. The normalized spacial score (nSPS) is 10.6. The molecule has 0 spiro atoms. The molecule has 5 nitrogen and oxygen atoms in total. The summed E-state index contributed by atoms with van der Waals surface area (Å²) >= 11 is 0. The highest BCUT2D eigenvalue weighted by molar-refractivity contribution is 6.02. The molecule has 31 heavy (non-hydrogen) atoms. The molecule has 4 rings (SSSR count). The van der Waals surface area contributed by atoms with Gasteiger partial charge >= 0.3 is 0 Å². The van der Waals surface area contributed by atoms with E-state index in [0.717, 1.165) is 11.1 Å². The van der Waals surface area contributed by atoms with E-state index in [1.54, 1.807) is 36.4 Å². The first-order valence-electron chi connectivity index (χ1n) is 10.0. The lowest BCUT2D eigenvalue weighted by atomic mass is 9.91. The Balaban J connectivity index is 1.41. The Morgan fingerprint density at radius 1 is 0.710 bits per heavy atom. The van der Waals surface area contributed by atoms with E-state index >= 15 is 0 Å². The highest BCUT2D eigenvalue weighted by Gasteiger charge is 2.16. The van der Waals surface area contributed by atoms with Crippen molar-refractivity contribution < 1.29 is 14.0 Å². The van der Waals surface area contributed by atoms with Crippen molar-refractivity contribution in [3.63, 3.8) is 0 Å². The molecule has 0 unspecified atom stereocenters. The molecule has 5 heteroatoms. The van der Waals surface area contributed by atoms with Gasteiger partial charge in [0, 0.05) is 23.7 Å². The summed E-state index contributed by atoms with van der Waals surface area (Å²) in [7, 11) is 0. The predicted molar refractivity (Wildman–Crippen MR) is 120 cm³/mol. The average Bonchev–Trinajstić information content (AvgIpc) is 3.36. The van der Waals surface area contributed by atoms with E-state index in [2.05, 4.69) is 34.9 Å². The largest absolute Gasteiger partial charge is 0.459 e. The summed E-state index contributed by atoms with van der Waals surface area (Å²) in [6.07, 6.45) is 1.44. The van der Waals surface area contributed by atoms with E-state index in [1.165, 1.54) is 6.26 Å². The fourth-order valence-electron chi connectivity index (χ4n) is 3.40. The standard InChI is InChI=1S/C26H22N2O3/c29-25(21-13-15-22(16-14-21)28-26(30)24-12-7-17-31-24)27-18-23(19-8-3-1-4-9-19)20-10-5-2-6-11-20/h1-17,23H,18H2,(H,27,29)(H,28,30). The molecule has 0 aliphatic heterocycles. The molecule has 0 saturated heterocycles. The topological polar surface area (TPSA) is 71.3 Å². The monoisotopic (exact) mass is 410 g/mol. The van der Waals surface area contributed by atoms with Gasteiger partial charge < -0.3 is 15.1 Å². The molecule has 1 aromatic heterocycles. The van der Waals surface area contributed by atoms with Gasteiger partial charge in [-0.2, -0.15) is 0 Å². The zero-order valence-electron chi connectivity index (χ0n) is 16.8. The first-order valence-corrected chi connectivity index (χ1v) is 10.0. The maximum atomic E-state index is 12.7. The summed E-state index contributed by atoms with van der Waals surface area (Å²) in [5, 5.41) is 5.78. The Morgan fingerprint density at radius 3 is 1.87 bits per heavy atom. The van der Waals surface area contributed by atoms with Gasteiger partial charge in [0.05, 0.1) is 6.26 Å². The van der Waals surface area contributed by atoms with Crippen LogP contribution in [0.25, 0.3) is 0 Å². The van der Waals surface area contributed by atoms with Crippen molar-refractivity contribution in [3.05, 3.63) is 126 Å². The Kier molecular flexibility index (Phi) is 6.24. The van der Waals surface area contributed by atoms with Crippen LogP contribution in [0, 0.1) is 0 Å². The van der Waals surface area contributed by atoms with Gasteiger partial charge in [-0.3, -0.25) is 9.59 Å². The van der Waals surface area contributed by atoms with Gasteiger partial charge in [-0.25, -0.2) is 0 Å².